The standard InChI is InChI=1S/C20H32FN5O2/c1-4-22-20(24-13-19(27)23-9-11-28-3)25-17-6-5-10-26(14-17)18-8-7-16(21)12-15(18)2/h7-8,12,17H,4-6,9-11,13-14H2,1-3H3,(H,23,27)(H2,22,24,25). The molecule has 28 heavy (non-hydrogen) atoms. The number of amides is 1. The van der Waals surface area contributed by atoms with Crippen molar-refractivity contribution >= 4 is 17.6 Å². The van der Waals surface area contributed by atoms with Gasteiger partial charge in [-0.3, -0.25) is 4.79 Å². The number of anilines is 1. The van der Waals surface area contributed by atoms with E-state index in [-0.39, 0.29) is 24.3 Å². The van der Waals surface area contributed by atoms with Gasteiger partial charge in [0.25, 0.3) is 0 Å². The van der Waals surface area contributed by atoms with Gasteiger partial charge in [0, 0.05) is 45.0 Å². The van der Waals surface area contributed by atoms with Crippen molar-refractivity contribution in [3.8, 4) is 0 Å². The van der Waals surface area contributed by atoms with Crippen molar-refractivity contribution in [3.05, 3.63) is 29.6 Å². The molecule has 8 heteroatoms. The molecule has 0 aromatic heterocycles. The van der Waals surface area contributed by atoms with Gasteiger partial charge in [-0.25, -0.2) is 9.38 Å². The molecule has 0 bridgehead atoms. The summed E-state index contributed by atoms with van der Waals surface area (Å²) in [6, 6.07) is 5.12. The molecule has 0 spiro atoms. The second kappa shape index (κ2) is 11.5. The summed E-state index contributed by atoms with van der Waals surface area (Å²) >= 11 is 0. The fourth-order valence-electron chi connectivity index (χ4n) is 3.30. The first-order valence-electron chi connectivity index (χ1n) is 9.85. The number of nitrogens with zero attached hydrogens (tertiary/aromatic N) is 2. The summed E-state index contributed by atoms with van der Waals surface area (Å²) in [6.07, 6.45) is 2.05. The minimum atomic E-state index is -0.210. The Bertz CT molecular complexity index is 668. The average molecular weight is 394 g/mol. The Morgan fingerprint density at radius 3 is 2.93 bits per heavy atom. The van der Waals surface area contributed by atoms with Crippen LogP contribution in [-0.2, 0) is 9.53 Å². The van der Waals surface area contributed by atoms with Crippen molar-refractivity contribution in [2.45, 2.75) is 32.7 Å². The zero-order chi connectivity index (χ0) is 20.4. The monoisotopic (exact) mass is 393 g/mol. The summed E-state index contributed by atoms with van der Waals surface area (Å²) in [6.45, 7) is 7.40. The number of ether oxygens (including phenoxy) is 1. The first-order valence-corrected chi connectivity index (χ1v) is 9.85. The Morgan fingerprint density at radius 2 is 2.21 bits per heavy atom. The van der Waals surface area contributed by atoms with Gasteiger partial charge in [0.2, 0.25) is 5.91 Å². The lowest BCUT2D eigenvalue weighted by molar-refractivity contribution is -0.119. The number of aryl methyl sites for hydroxylation is 1. The molecule has 7 nitrogen and oxygen atoms in total. The van der Waals surface area contributed by atoms with Crippen LogP contribution in [0.2, 0.25) is 0 Å². The molecule has 0 saturated carbocycles. The number of guanidine groups is 1. The fourth-order valence-corrected chi connectivity index (χ4v) is 3.30. The van der Waals surface area contributed by atoms with E-state index in [1.807, 2.05) is 19.9 Å². The van der Waals surface area contributed by atoms with Crippen molar-refractivity contribution in [2.24, 2.45) is 4.99 Å². The molecule has 1 fully saturated rings. The predicted octanol–water partition coefficient (Wildman–Crippen LogP) is 1.42. The lowest BCUT2D eigenvalue weighted by atomic mass is 10.0. The molecular formula is C20H32FN5O2. The normalized spacial score (nSPS) is 17.4. The molecule has 0 aliphatic carbocycles. The number of aliphatic imine (C=N–C) groups is 1. The Hall–Kier alpha value is -2.35. The van der Waals surface area contributed by atoms with Gasteiger partial charge in [-0.15, -0.1) is 0 Å². The molecule has 156 valence electrons. The highest BCUT2D eigenvalue weighted by molar-refractivity contribution is 5.85. The quantitative estimate of drug-likeness (QED) is 0.354. The van der Waals surface area contributed by atoms with Crippen molar-refractivity contribution in [1.29, 1.82) is 0 Å². The third-order valence-electron chi connectivity index (χ3n) is 4.62. The number of rotatable bonds is 8. The summed E-state index contributed by atoms with van der Waals surface area (Å²) in [5.74, 6) is 0.284. The van der Waals surface area contributed by atoms with Crippen molar-refractivity contribution in [1.82, 2.24) is 16.0 Å². The second-order valence-corrected chi connectivity index (χ2v) is 6.90. The van der Waals surface area contributed by atoms with Gasteiger partial charge in [-0.1, -0.05) is 0 Å². The van der Waals surface area contributed by atoms with Crippen molar-refractivity contribution < 1.29 is 13.9 Å². The van der Waals surface area contributed by atoms with Gasteiger partial charge in [-0.2, -0.15) is 0 Å². The summed E-state index contributed by atoms with van der Waals surface area (Å²) < 4.78 is 18.3. The minimum absolute atomic E-state index is 0.0621. The molecule has 1 unspecified atom stereocenters. The fraction of sp³-hybridized carbons (Fsp3) is 0.600. The predicted molar refractivity (Wildman–Crippen MR) is 110 cm³/mol. The number of piperidine rings is 1. The number of carbonyl (C=O) groups excluding carboxylic acids is 1. The SMILES string of the molecule is CCNC(=NCC(=O)NCCOC)NC1CCCN(c2ccc(F)cc2C)C1. The number of hydrogen-bond donors (Lipinski definition) is 3. The highest BCUT2D eigenvalue weighted by Crippen LogP contribution is 2.24. The van der Waals surface area contributed by atoms with E-state index in [0.29, 0.717) is 25.7 Å². The Morgan fingerprint density at radius 1 is 1.39 bits per heavy atom. The van der Waals surface area contributed by atoms with Gasteiger partial charge in [-0.05, 0) is 50.5 Å². The van der Waals surface area contributed by atoms with Crippen LogP contribution in [0.3, 0.4) is 0 Å². The van der Waals surface area contributed by atoms with Crippen LogP contribution in [0, 0.1) is 12.7 Å². The molecule has 1 heterocycles. The summed E-state index contributed by atoms with van der Waals surface area (Å²) in [5.41, 5.74) is 2.00. The van der Waals surface area contributed by atoms with Crippen LogP contribution in [0.25, 0.3) is 0 Å². The molecule has 2 rings (SSSR count). The first kappa shape index (κ1) is 21.9. The maximum Gasteiger partial charge on any atom is 0.241 e. The van der Waals surface area contributed by atoms with Crippen LogP contribution in [0.1, 0.15) is 25.3 Å². The molecule has 1 aliphatic heterocycles. The number of benzene rings is 1. The highest BCUT2D eigenvalue weighted by Gasteiger charge is 2.22. The van der Waals surface area contributed by atoms with E-state index in [4.69, 9.17) is 4.74 Å². The summed E-state index contributed by atoms with van der Waals surface area (Å²) in [4.78, 5) is 18.5. The zero-order valence-corrected chi connectivity index (χ0v) is 17.1. The van der Waals surface area contributed by atoms with Crippen LogP contribution < -0.4 is 20.9 Å². The number of methoxy groups -OCH3 is 1. The van der Waals surface area contributed by atoms with E-state index in [9.17, 15) is 9.18 Å². The number of carbonyl (C=O) groups is 1. The molecule has 1 aromatic rings. The van der Waals surface area contributed by atoms with E-state index >= 15 is 0 Å². The topological polar surface area (TPSA) is 78.0 Å². The van der Waals surface area contributed by atoms with Gasteiger partial charge in [0.05, 0.1) is 6.61 Å². The van der Waals surface area contributed by atoms with Crippen LogP contribution >= 0.6 is 0 Å². The van der Waals surface area contributed by atoms with E-state index in [2.05, 4.69) is 25.8 Å². The molecule has 3 N–H and O–H groups in total. The van der Waals surface area contributed by atoms with Gasteiger partial charge < -0.3 is 25.6 Å². The van der Waals surface area contributed by atoms with Gasteiger partial charge in [0.15, 0.2) is 5.96 Å². The molecule has 0 radical (unpaired) electrons. The van der Waals surface area contributed by atoms with E-state index in [0.717, 1.165) is 37.2 Å². The first-order chi connectivity index (χ1) is 13.5. The highest BCUT2D eigenvalue weighted by atomic mass is 19.1. The van der Waals surface area contributed by atoms with E-state index < -0.39 is 0 Å². The summed E-state index contributed by atoms with van der Waals surface area (Å²) in [5, 5.41) is 9.38. The molecule has 1 aromatic carbocycles. The molecule has 1 atom stereocenters. The smallest absolute Gasteiger partial charge is 0.241 e. The average Bonchev–Trinajstić information content (AvgIpc) is 2.67. The van der Waals surface area contributed by atoms with Gasteiger partial charge >= 0.3 is 0 Å². The van der Waals surface area contributed by atoms with Crippen LogP contribution in [0.4, 0.5) is 10.1 Å². The van der Waals surface area contributed by atoms with E-state index in [1.54, 1.807) is 13.2 Å². The molecular weight excluding hydrogens is 361 g/mol. The lowest BCUT2D eigenvalue weighted by Crippen LogP contribution is -2.51. The van der Waals surface area contributed by atoms with Crippen LogP contribution in [-0.4, -0.2) is 64.3 Å². The largest absolute Gasteiger partial charge is 0.383 e. The van der Waals surface area contributed by atoms with Crippen molar-refractivity contribution in [3.63, 3.8) is 0 Å². The second-order valence-electron chi connectivity index (χ2n) is 6.90. The van der Waals surface area contributed by atoms with Crippen LogP contribution in [0.15, 0.2) is 23.2 Å². The third-order valence-corrected chi connectivity index (χ3v) is 4.62. The number of halogens is 1. The Labute approximate surface area is 166 Å². The molecule has 1 aliphatic rings. The molecule has 1 amide bonds. The lowest BCUT2D eigenvalue weighted by Gasteiger charge is -2.36. The minimum Gasteiger partial charge on any atom is -0.383 e. The zero-order valence-electron chi connectivity index (χ0n) is 17.1. The Kier molecular flexibility index (Phi) is 9.00. The van der Waals surface area contributed by atoms with Crippen LogP contribution in [0.5, 0.6) is 0 Å². The maximum absolute atomic E-state index is 13.4. The van der Waals surface area contributed by atoms with Gasteiger partial charge in [0.1, 0.15) is 12.4 Å². The Balaban J connectivity index is 1.94. The summed E-state index contributed by atoms with van der Waals surface area (Å²) in [7, 11) is 1.60. The van der Waals surface area contributed by atoms with Crippen molar-refractivity contribution in [2.75, 3.05) is 51.3 Å². The van der Waals surface area contributed by atoms with E-state index in [1.165, 1.54) is 6.07 Å². The number of nitrogens with one attached hydrogen (secondary N) is 3. The number of hydrogen-bond acceptors (Lipinski definition) is 4. The maximum atomic E-state index is 13.4. The molecule has 1 saturated heterocycles. The third kappa shape index (κ3) is 6.99.